The van der Waals surface area contributed by atoms with Crippen LogP contribution in [-0.2, 0) is 20.4 Å². The first-order chi connectivity index (χ1) is 13.6. The zero-order valence-corrected chi connectivity index (χ0v) is 17.2. The number of benzene rings is 2. The number of amides is 1. The number of hydrogen-bond donors (Lipinski definition) is 2. The smallest absolute Gasteiger partial charge is 0.445 e. The summed E-state index contributed by atoms with van der Waals surface area (Å²) < 4.78 is 23.3. The number of hydrogen-bond acceptors (Lipinski definition) is 5. The average molecular weight is 403 g/mol. The van der Waals surface area contributed by atoms with E-state index in [4.69, 9.17) is 9.26 Å². The van der Waals surface area contributed by atoms with Crippen molar-refractivity contribution in [3.8, 4) is 0 Å². The normalized spacial score (nSPS) is 12.5. The van der Waals surface area contributed by atoms with Crippen LogP contribution in [0.15, 0.2) is 60.7 Å². The van der Waals surface area contributed by atoms with Crippen LogP contribution in [0.3, 0.4) is 0 Å². The number of ether oxygens (including phenoxy) is 1. The fourth-order valence-corrected chi connectivity index (χ4v) is 3.41. The van der Waals surface area contributed by atoms with E-state index in [0.29, 0.717) is 11.5 Å². The summed E-state index contributed by atoms with van der Waals surface area (Å²) in [7, 11) is -2.17. The van der Waals surface area contributed by atoms with Gasteiger partial charge in [-0.3, -0.25) is 10.6 Å². The summed E-state index contributed by atoms with van der Waals surface area (Å²) >= 11 is 0. The second-order valence-electron chi connectivity index (χ2n) is 6.76. The van der Waals surface area contributed by atoms with Gasteiger partial charge in [0.05, 0.1) is 0 Å². The van der Waals surface area contributed by atoms with Gasteiger partial charge in [0.2, 0.25) is 0 Å². The van der Waals surface area contributed by atoms with E-state index in [1.807, 2.05) is 48.5 Å². The Hall–Kier alpha value is -2.27. The highest BCUT2D eigenvalue weighted by atomic mass is 31.1. The zero-order chi connectivity index (χ0) is 20.2. The summed E-state index contributed by atoms with van der Waals surface area (Å²) in [4.78, 5) is 12.2. The molecule has 2 rings (SSSR count). The predicted molar refractivity (Wildman–Crippen MR) is 110 cm³/mol. The molecule has 0 aliphatic heterocycles. The van der Waals surface area contributed by atoms with Crippen LogP contribution in [0.5, 0.6) is 0 Å². The average Bonchev–Trinajstić information content (AvgIpc) is 2.71. The van der Waals surface area contributed by atoms with Gasteiger partial charge in [0, 0.05) is 5.56 Å². The number of carbonyl (C=O) groups is 1. The van der Waals surface area contributed by atoms with Gasteiger partial charge in [-0.1, -0.05) is 74.5 Å². The minimum atomic E-state index is -2.17. The van der Waals surface area contributed by atoms with E-state index in [0.717, 1.165) is 18.5 Å². The molecule has 2 N–H and O–H groups in total. The lowest BCUT2D eigenvalue weighted by Crippen LogP contribution is -2.28. The summed E-state index contributed by atoms with van der Waals surface area (Å²) in [5.74, 6) is -0.203. The Morgan fingerprint density at radius 1 is 1.04 bits per heavy atom. The van der Waals surface area contributed by atoms with Crippen molar-refractivity contribution >= 4 is 14.1 Å². The molecule has 2 atom stereocenters. The Morgan fingerprint density at radius 3 is 2.32 bits per heavy atom. The van der Waals surface area contributed by atoms with Crippen molar-refractivity contribution in [2.75, 3.05) is 13.3 Å². The topological polar surface area (TPSA) is 76.7 Å². The lowest BCUT2D eigenvalue weighted by atomic mass is 10.1. The van der Waals surface area contributed by atoms with Crippen LogP contribution >= 0.6 is 8.03 Å². The highest BCUT2D eigenvalue weighted by Gasteiger charge is 2.36. The minimum Gasteiger partial charge on any atom is -0.445 e. The van der Waals surface area contributed by atoms with Crippen molar-refractivity contribution in [3.05, 3.63) is 71.8 Å². The molecule has 28 heavy (non-hydrogen) atoms. The molecular formula is C21H28N2O4P+. The minimum absolute atomic E-state index is 0.141. The van der Waals surface area contributed by atoms with E-state index in [9.17, 15) is 9.36 Å². The summed E-state index contributed by atoms with van der Waals surface area (Å²) in [5.41, 5.74) is 1.58. The monoisotopic (exact) mass is 403 g/mol. The summed E-state index contributed by atoms with van der Waals surface area (Å²) in [6.07, 6.45) is 0.365. The molecule has 0 fully saturated rings. The lowest BCUT2D eigenvalue weighted by molar-refractivity contribution is 0.137. The van der Waals surface area contributed by atoms with Crippen molar-refractivity contribution in [3.63, 3.8) is 0 Å². The third-order valence-electron chi connectivity index (χ3n) is 3.99. The van der Waals surface area contributed by atoms with Crippen LogP contribution < -0.4 is 10.6 Å². The van der Waals surface area contributed by atoms with Crippen LogP contribution in [-0.4, -0.2) is 19.4 Å². The van der Waals surface area contributed by atoms with E-state index >= 15 is 0 Å². The van der Waals surface area contributed by atoms with Crippen LogP contribution in [0.1, 0.15) is 37.2 Å². The van der Waals surface area contributed by atoms with Crippen LogP contribution in [0.4, 0.5) is 4.79 Å². The van der Waals surface area contributed by atoms with Crippen molar-refractivity contribution in [1.29, 1.82) is 0 Å². The summed E-state index contributed by atoms with van der Waals surface area (Å²) in [5, 5.41) is 5.77. The van der Waals surface area contributed by atoms with Crippen LogP contribution in [0.2, 0.25) is 0 Å². The molecule has 0 saturated heterocycles. The van der Waals surface area contributed by atoms with Gasteiger partial charge in [-0.05, 0) is 29.0 Å². The van der Waals surface area contributed by atoms with Gasteiger partial charge in [-0.15, -0.1) is 4.52 Å². The SMILES string of the molecule is CC(C)CCNCO[P+](=O)C(NC(=O)OCc1ccccc1)c1ccccc1. The molecule has 0 spiro atoms. The maximum absolute atomic E-state index is 12.7. The summed E-state index contributed by atoms with van der Waals surface area (Å²) in [6, 6.07) is 18.5. The Morgan fingerprint density at radius 2 is 1.68 bits per heavy atom. The van der Waals surface area contributed by atoms with Crippen LogP contribution in [0.25, 0.3) is 0 Å². The molecular weight excluding hydrogens is 375 g/mol. The molecule has 7 heteroatoms. The molecule has 0 aromatic heterocycles. The van der Waals surface area contributed by atoms with Crippen molar-refractivity contribution < 1.29 is 18.6 Å². The molecule has 2 aromatic carbocycles. The first kappa shape index (κ1) is 22.0. The molecule has 0 bridgehead atoms. The van der Waals surface area contributed by atoms with Gasteiger partial charge in [-0.2, -0.15) is 0 Å². The van der Waals surface area contributed by atoms with Crippen molar-refractivity contribution in [2.24, 2.45) is 5.92 Å². The molecule has 1 amide bonds. The van der Waals surface area contributed by atoms with Gasteiger partial charge < -0.3 is 4.74 Å². The maximum atomic E-state index is 12.7. The van der Waals surface area contributed by atoms with Crippen molar-refractivity contribution in [1.82, 2.24) is 10.6 Å². The van der Waals surface area contributed by atoms with Crippen LogP contribution in [0, 0.1) is 5.92 Å². The maximum Gasteiger partial charge on any atom is 0.539 e. The Balaban J connectivity index is 1.90. The van der Waals surface area contributed by atoms with E-state index in [1.54, 1.807) is 12.1 Å². The van der Waals surface area contributed by atoms with Gasteiger partial charge in [0.15, 0.2) is 6.73 Å². The molecule has 0 aliphatic carbocycles. The lowest BCUT2D eigenvalue weighted by Gasteiger charge is -2.11. The van der Waals surface area contributed by atoms with E-state index in [1.165, 1.54) is 0 Å². The predicted octanol–water partition coefficient (Wildman–Crippen LogP) is 4.96. The highest BCUT2D eigenvalue weighted by molar-refractivity contribution is 7.39. The van der Waals surface area contributed by atoms with Crippen molar-refractivity contribution in [2.45, 2.75) is 32.7 Å². The Bertz CT molecular complexity index is 726. The number of carbonyl (C=O) groups excluding carboxylic acids is 1. The molecule has 150 valence electrons. The molecule has 2 aromatic rings. The number of nitrogens with one attached hydrogen (secondary N) is 2. The first-order valence-electron chi connectivity index (χ1n) is 9.38. The van der Waals surface area contributed by atoms with Gasteiger partial charge in [0.1, 0.15) is 6.61 Å². The van der Waals surface area contributed by atoms with E-state index in [2.05, 4.69) is 24.5 Å². The van der Waals surface area contributed by atoms with Gasteiger partial charge in [-0.25, -0.2) is 4.79 Å². The van der Waals surface area contributed by atoms with E-state index in [-0.39, 0.29) is 13.3 Å². The number of rotatable bonds is 11. The number of alkyl carbamates (subject to hydrolysis) is 1. The molecule has 0 radical (unpaired) electrons. The van der Waals surface area contributed by atoms with E-state index < -0.39 is 19.9 Å². The molecule has 0 aliphatic rings. The second-order valence-corrected chi connectivity index (χ2v) is 8.11. The largest absolute Gasteiger partial charge is 0.539 e. The third-order valence-corrected chi connectivity index (χ3v) is 5.22. The standard InChI is InChI=1S/C21H27N2O4P/c1-17(2)13-14-22-16-27-28(25)20(19-11-7-4-8-12-19)23-21(24)26-15-18-9-5-3-6-10-18/h3-12,17,20,22H,13-16H2,1-2H3/p+1. The molecule has 2 unspecified atom stereocenters. The Labute approximate surface area is 167 Å². The molecule has 0 saturated carbocycles. The molecule has 0 heterocycles. The fraction of sp³-hybridized carbons (Fsp3) is 0.381. The quantitative estimate of drug-likeness (QED) is 0.315. The highest BCUT2D eigenvalue weighted by Crippen LogP contribution is 2.39. The van der Waals surface area contributed by atoms with Gasteiger partial charge >= 0.3 is 14.1 Å². The van der Waals surface area contributed by atoms with Gasteiger partial charge in [0.25, 0.3) is 5.78 Å². The third kappa shape index (κ3) is 8.17. The molecule has 6 nitrogen and oxygen atoms in total. The first-order valence-corrected chi connectivity index (χ1v) is 10.6. The summed E-state index contributed by atoms with van der Waals surface area (Å²) in [6.45, 7) is 5.36. The Kier molecular flexibility index (Phi) is 9.63. The fourth-order valence-electron chi connectivity index (χ4n) is 2.42. The zero-order valence-electron chi connectivity index (χ0n) is 16.3. The second kappa shape index (κ2) is 12.2.